The number of H-pyrrole nitrogens is 1. The number of hydrogen-bond donors (Lipinski definition) is 1. The molecule has 1 N–H and O–H groups in total. The van der Waals surface area contributed by atoms with E-state index in [-0.39, 0.29) is 11.4 Å². The van der Waals surface area contributed by atoms with Gasteiger partial charge in [0, 0.05) is 17.5 Å². The molecule has 9 heteroatoms. The highest BCUT2D eigenvalue weighted by molar-refractivity contribution is 7.98. The van der Waals surface area contributed by atoms with E-state index in [1.54, 1.807) is 29.8 Å². The summed E-state index contributed by atoms with van der Waals surface area (Å²) in [6.07, 6.45) is 0. The lowest BCUT2D eigenvalue weighted by Crippen LogP contribution is -2.11. The van der Waals surface area contributed by atoms with Gasteiger partial charge in [-0.25, -0.2) is 9.37 Å². The van der Waals surface area contributed by atoms with Crippen molar-refractivity contribution in [2.75, 3.05) is 0 Å². The first-order valence-electron chi connectivity index (χ1n) is 10.3. The molecule has 0 spiro atoms. The number of hydrogen-bond acceptors (Lipinski definition) is 6. The fourth-order valence-electron chi connectivity index (χ4n) is 3.75. The van der Waals surface area contributed by atoms with E-state index in [9.17, 15) is 9.18 Å². The number of benzene rings is 2. The molecule has 3 aromatic heterocycles. The SMILES string of the molecule is Cc1ccc(-c2c(C)sc3nc(CSc4nnc(-c5ccccc5F)n4C)[nH]c(=O)c23)cc1. The predicted molar refractivity (Wildman–Crippen MR) is 131 cm³/mol. The summed E-state index contributed by atoms with van der Waals surface area (Å²) in [7, 11) is 1.79. The lowest BCUT2D eigenvalue weighted by molar-refractivity contribution is 0.628. The van der Waals surface area contributed by atoms with Crippen molar-refractivity contribution in [2.45, 2.75) is 24.8 Å². The van der Waals surface area contributed by atoms with Crippen LogP contribution in [0.4, 0.5) is 4.39 Å². The Bertz CT molecular complexity index is 1540. The minimum absolute atomic E-state index is 0.152. The molecule has 0 amide bonds. The molecule has 0 radical (unpaired) electrons. The van der Waals surface area contributed by atoms with Crippen molar-refractivity contribution >= 4 is 33.3 Å². The highest BCUT2D eigenvalue weighted by atomic mass is 32.2. The van der Waals surface area contributed by atoms with Crippen molar-refractivity contribution in [1.82, 2.24) is 24.7 Å². The Labute approximate surface area is 197 Å². The second-order valence-corrected chi connectivity index (χ2v) is 9.87. The van der Waals surface area contributed by atoms with Gasteiger partial charge in [0.2, 0.25) is 0 Å². The van der Waals surface area contributed by atoms with Crippen molar-refractivity contribution in [3.63, 3.8) is 0 Å². The van der Waals surface area contributed by atoms with Crippen LogP contribution in [-0.4, -0.2) is 24.7 Å². The van der Waals surface area contributed by atoms with Crippen molar-refractivity contribution in [1.29, 1.82) is 0 Å². The Morgan fingerprint density at radius 2 is 1.85 bits per heavy atom. The highest BCUT2D eigenvalue weighted by Gasteiger charge is 2.18. The van der Waals surface area contributed by atoms with Crippen LogP contribution in [0.2, 0.25) is 0 Å². The molecule has 6 nitrogen and oxygen atoms in total. The van der Waals surface area contributed by atoms with Gasteiger partial charge in [-0.15, -0.1) is 21.5 Å². The van der Waals surface area contributed by atoms with Gasteiger partial charge in [-0.3, -0.25) is 4.79 Å². The van der Waals surface area contributed by atoms with Crippen LogP contribution in [0.15, 0.2) is 58.5 Å². The summed E-state index contributed by atoms with van der Waals surface area (Å²) in [4.78, 5) is 22.4. The number of thiophene rings is 1. The summed E-state index contributed by atoms with van der Waals surface area (Å²) in [6.45, 7) is 4.05. The number of aromatic nitrogens is 5. The molecule has 0 atom stereocenters. The monoisotopic (exact) mass is 477 g/mol. The molecular weight excluding hydrogens is 457 g/mol. The topological polar surface area (TPSA) is 76.5 Å². The molecule has 33 heavy (non-hydrogen) atoms. The summed E-state index contributed by atoms with van der Waals surface area (Å²) < 4.78 is 15.9. The van der Waals surface area contributed by atoms with E-state index >= 15 is 0 Å². The summed E-state index contributed by atoms with van der Waals surface area (Å²) in [5, 5.41) is 9.56. The number of nitrogens with one attached hydrogen (secondary N) is 1. The summed E-state index contributed by atoms with van der Waals surface area (Å²) in [5.41, 5.74) is 3.36. The Balaban J connectivity index is 1.44. The molecule has 0 aliphatic rings. The standard InChI is InChI=1S/C24H20FN5OS2/c1-13-8-10-15(11-9-13)19-14(2)33-23-20(19)22(31)26-18(27-23)12-32-24-29-28-21(30(24)3)16-6-4-5-7-17(16)25/h4-11H,12H2,1-3H3,(H,26,27,31). The quantitative estimate of drug-likeness (QED) is 0.339. The van der Waals surface area contributed by atoms with Crippen molar-refractivity contribution in [3.8, 4) is 22.5 Å². The number of thioether (sulfide) groups is 1. The zero-order valence-electron chi connectivity index (χ0n) is 18.2. The Morgan fingerprint density at radius 3 is 2.61 bits per heavy atom. The van der Waals surface area contributed by atoms with Crippen LogP contribution in [0.25, 0.3) is 32.7 Å². The molecule has 3 heterocycles. The number of halogens is 1. The summed E-state index contributed by atoms with van der Waals surface area (Å²) >= 11 is 2.91. The maximum absolute atomic E-state index is 14.1. The molecule has 5 aromatic rings. The van der Waals surface area contributed by atoms with E-state index in [0.717, 1.165) is 16.0 Å². The van der Waals surface area contributed by atoms with Gasteiger partial charge in [0.1, 0.15) is 16.5 Å². The van der Waals surface area contributed by atoms with Gasteiger partial charge < -0.3 is 9.55 Å². The van der Waals surface area contributed by atoms with E-state index in [0.29, 0.717) is 38.3 Å². The molecule has 0 bridgehead atoms. The molecule has 0 saturated carbocycles. The first-order chi connectivity index (χ1) is 15.9. The van der Waals surface area contributed by atoms with Gasteiger partial charge in [0.25, 0.3) is 5.56 Å². The predicted octanol–water partition coefficient (Wildman–Crippen LogP) is 5.50. The number of aromatic amines is 1. The molecule has 0 aliphatic carbocycles. The number of rotatable bonds is 5. The second kappa shape index (κ2) is 8.57. The number of nitrogens with zero attached hydrogens (tertiary/aromatic N) is 4. The van der Waals surface area contributed by atoms with Gasteiger partial charge in [0.15, 0.2) is 11.0 Å². The molecule has 166 valence electrons. The number of fused-ring (bicyclic) bond motifs is 1. The third kappa shape index (κ3) is 3.98. The minimum Gasteiger partial charge on any atom is -0.309 e. The van der Waals surface area contributed by atoms with Crippen molar-refractivity contribution < 1.29 is 4.39 Å². The van der Waals surface area contributed by atoms with E-state index in [2.05, 4.69) is 15.2 Å². The third-order valence-electron chi connectivity index (χ3n) is 5.41. The van der Waals surface area contributed by atoms with Crippen LogP contribution >= 0.6 is 23.1 Å². The van der Waals surface area contributed by atoms with E-state index < -0.39 is 0 Å². The molecule has 5 rings (SSSR count). The Morgan fingerprint density at radius 1 is 1.09 bits per heavy atom. The van der Waals surface area contributed by atoms with Gasteiger partial charge >= 0.3 is 0 Å². The fourth-order valence-corrected chi connectivity index (χ4v) is 5.60. The van der Waals surface area contributed by atoms with E-state index in [1.807, 2.05) is 38.1 Å². The van der Waals surface area contributed by atoms with Crippen LogP contribution in [0, 0.1) is 19.7 Å². The first kappa shape index (κ1) is 21.5. The molecule has 2 aromatic carbocycles. The first-order valence-corrected chi connectivity index (χ1v) is 12.1. The smallest absolute Gasteiger partial charge is 0.260 e. The average molecular weight is 478 g/mol. The van der Waals surface area contributed by atoms with Crippen LogP contribution < -0.4 is 5.56 Å². The van der Waals surface area contributed by atoms with Crippen LogP contribution in [-0.2, 0) is 12.8 Å². The second-order valence-electron chi connectivity index (χ2n) is 7.73. The Kier molecular flexibility index (Phi) is 5.59. The number of aryl methyl sites for hydroxylation is 2. The average Bonchev–Trinajstić information content (AvgIpc) is 3.32. The molecule has 0 fully saturated rings. The van der Waals surface area contributed by atoms with E-state index in [1.165, 1.54) is 34.7 Å². The third-order valence-corrected chi connectivity index (χ3v) is 7.45. The lowest BCUT2D eigenvalue weighted by atomic mass is 10.0. The Hall–Kier alpha value is -3.30. The molecule has 0 saturated heterocycles. The summed E-state index contributed by atoms with van der Waals surface area (Å²) in [6, 6.07) is 14.6. The lowest BCUT2D eigenvalue weighted by Gasteiger charge is -2.05. The zero-order valence-corrected chi connectivity index (χ0v) is 19.9. The van der Waals surface area contributed by atoms with E-state index in [4.69, 9.17) is 4.98 Å². The van der Waals surface area contributed by atoms with Gasteiger partial charge in [-0.1, -0.05) is 53.7 Å². The highest BCUT2D eigenvalue weighted by Crippen LogP contribution is 2.36. The largest absolute Gasteiger partial charge is 0.309 e. The van der Waals surface area contributed by atoms with Crippen LogP contribution in [0.1, 0.15) is 16.3 Å². The molecule has 0 aliphatic heterocycles. The van der Waals surface area contributed by atoms with Gasteiger partial charge in [0.05, 0.1) is 16.7 Å². The maximum Gasteiger partial charge on any atom is 0.260 e. The fraction of sp³-hybridized carbons (Fsp3) is 0.167. The van der Waals surface area contributed by atoms with Crippen LogP contribution in [0.3, 0.4) is 0 Å². The van der Waals surface area contributed by atoms with Gasteiger partial charge in [-0.05, 0) is 31.5 Å². The molecular formula is C24H20FN5OS2. The molecule has 0 unspecified atom stereocenters. The van der Waals surface area contributed by atoms with Crippen LogP contribution in [0.5, 0.6) is 0 Å². The van der Waals surface area contributed by atoms with Gasteiger partial charge in [-0.2, -0.15) is 0 Å². The minimum atomic E-state index is -0.349. The van der Waals surface area contributed by atoms with Crippen molar-refractivity contribution in [3.05, 3.63) is 81.0 Å². The maximum atomic E-state index is 14.1. The zero-order chi connectivity index (χ0) is 23.1. The van der Waals surface area contributed by atoms with Crippen molar-refractivity contribution in [2.24, 2.45) is 7.05 Å². The summed E-state index contributed by atoms with van der Waals surface area (Å²) in [5.74, 6) is 1.07. The normalized spacial score (nSPS) is 11.4.